The normalized spacial score (nSPS) is 14.3. The zero-order chi connectivity index (χ0) is 18.5. The Labute approximate surface area is 155 Å². The zero-order valence-corrected chi connectivity index (χ0v) is 15.4. The molecule has 3 rings (SSSR count). The highest BCUT2D eigenvalue weighted by Gasteiger charge is 2.21. The molecule has 1 aliphatic heterocycles. The molecule has 26 heavy (non-hydrogen) atoms. The van der Waals surface area contributed by atoms with Crippen LogP contribution >= 0.6 is 11.3 Å². The van der Waals surface area contributed by atoms with Crippen LogP contribution in [0.25, 0.3) is 0 Å². The fourth-order valence-corrected chi connectivity index (χ4v) is 3.58. The van der Waals surface area contributed by atoms with Crippen LogP contribution in [-0.4, -0.2) is 47.6 Å². The number of carbonyl (C=O) groups excluding carboxylic acids is 2. The SMILES string of the molecule is Cc1csc(=O)n1CCC(=O)Nc1ccccc1C(=O)N1CCOCC1. The molecule has 2 heterocycles. The summed E-state index contributed by atoms with van der Waals surface area (Å²) in [5, 5.41) is 4.58. The van der Waals surface area contributed by atoms with Crippen molar-refractivity contribution in [2.75, 3.05) is 31.6 Å². The van der Waals surface area contributed by atoms with Crippen molar-refractivity contribution in [3.63, 3.8) is 0 Å². The van der Waals surface area contributed by atoms with Crippen molar-refractivity contribution in [1.82, 2.24) is 9.47 Å². The van der Waals surface area contributed by atoms with Gasteiger partial charge >= 0.3 is 4.87 Å². The Bertz CT molecular complexity index is 852. The average molecular weight is 375 g/mol. The summed E-state index contributed by atoms with van der Waals surface area (Å²) in [6.07, 6.45) is 0.164. The first-order chi connectivity index (χ1) is 12.6. The van der Waals surface area contributed by atoms with E-state index in [1.54, 1.807) is 39.1 Å². The van der Waals surface area contributed by atoms with Crippen molar-refractivity contribution in [2.24, 2.45) is 0 Å². The number of benzene rings is 1. The Hall–Kier alpha value is -2.45. The third-order valence-corrected chi connectivity index (χ3v) is 5.15. The van der Waals surface area contributed by atoms with Crippen molar-refractivity contribution in [2.45, 2.75) is 19.9 Å². The lowest BCUT2D eigenvalue weighted by atomic mass is 10.1. The first-order valence-corrected chi connectivity index (χ1v) is 9.35. The Morgan fingerprint density at radius 3 is 2.65 bits per heavy atom. The van der Waals surface area contributed by atoms with Crippen LogP contribution in [-0.2, 0) is 16.1 Å². The fraction of sp³-hybridized carbons (Fsp3) is 0.389. The quantitative estimate of drug-likeness (QED) is 0.863. The summed E-state index contributed by atoms with van der Waals surface area (Å²) < 4.78 is 6.85. The van der Waals surface area contributed by atoms with Crippen LogP contribution in [0.1, 0.15) is 22.5 Å². The number of para-hydroxylation sites is 1. The highest BCUT2D eigenvalue weighted by atomic mass is 32.1. The molecule has 1 N–H and O–H groups in total. The molecule has 1 saturated heterocycles. The van der Waals surface area contributed by atoms with E-state index in [2.05, 4.69) is 5.32 Å². The smallest absolute Gasteiger partial charge is 0.307 e. The number of amides is 2. The number of ether oxygens (including phenoxy) is 1. The molecule has 1 fully saturated rings. The molecule has 0 unspecified atom stereocenters. The summed E-state index contributed by atoms with van der Waals surface area (Å²) in [6.45, 7) is 4.29. The minimum Gasteiger partial charge on any atom is -0.378 e. The van der Waals surface area contributed by atoms with Gasteiger partial charge in [0.2, 0.25) is 5.91 Å². The van der Waals surface area contributed by atoms with Crippen molar-refractivity contribution < 1.29 is 14.3 Å². The predicted molar refractivity (Wildman–Crippen MR) is 99.7 cm³/mol. The Morgan fingerprint density at radius 2 is 1.96 bits per heavy atom. The molecule has 1 aliphatic rings. The van der Waals surface area contributed by atoms with Gasteiger partial charge in [0.25, 0.3) is 5.91 Å². The third-order valence-electron chi connectivity index (χ3n) is 4.27. The van der Waals surface area contributed by atoms with E-state index in [0.717, 1.165) is 17.0 Å². The standard InChI is InChI=1S/C18H21N3O4S/c1-13-12-26-18(24)21(13)7-6-16(22)19-15-5-3-2-4-14(15)17(23)20-8-10-25-11-9-20/h2-5,12H,6-11H2,1H3,(H,19,22). The van der Waals surface area contributed by atoms with Crippen LogP contribution in [0.4, 0.5) is 5.69 Å². The van der Waals surface area contributed by atoms with E-state index in [1.165, 1.54) is 0 Å². The average Bonchev–Trinajstić information content (AvgIpc) is 2.98. The number of hydrogen-bond donors (Lipinski definition) is 1. The summed E-state index contributed by atoms with van der Waals surface area (Å²) in [5.74, 6) is -0.348. The maximum atomic E-state index is 12.7. The lowest BCUT2D eigenvalue weighted by Crippen LogP contribution is -2.41. The summed E-state index contributed by atoms with van der Waals surface area (Å²) in [6, 6.07) is 6.98. The fourth-order valence-electron chi connectivity index (χ4n) is 2.82. The van der Waals surface area contributed by atoms with Gasteiger partial charge in [-0.1, -0.05) is 23.5 Å². The van der Waals surface area contributed by atoms with E-state index in [0.29, 0.717) is 44.1 Å². The van der Waals surface area contributed by atoms with E-state index in [9.17, 15) is 14.4 Å². The van der Waals surface area contributed by atoms with E-state index < -0.39 is 0 Å². The first-order valence-electron chi connectivity index (χ1n) is 8.47. The molecule has 0 spiro atoms. The molecule has 138 valence electrons. The second kappa shape index (κ2) is 8.29. The number of aryl methyl sites for hydroxylation is 1. The van der Waals surface area contributed by atoms with Gasteiger partial charge in [0.05, 0.1) is 24.5 Å². The Kier molecular flexibility index (Phi) is 5.85. The van der Waals surface area contributed by atoms with E-state index in [-0.39, 0.29) is 23.1 Å². The van der Waals surface area contributed by atoms with Gasteiger partial charge in [0, 0.05) is 37.1 Å². The molecule has 1 aromatic heterocycles. The molecule has 0 radical (unpaired) electrons. The molecule has 7 nitrogen and oxygen atoms in total. The maximum absolute atomic E-state index is 12.7. The highest BCUT2D eigenvalue weighted by molar-refractivity contribution is 7.07. The van der Waals surface area contributed by atoms with Gasteiger partial charge in [0.15, 0.2) is 0 Å². The zero-order valence-electron chi connectivity index (χ0n) is 14.6. The van der Waals surface area contributed by atoms with E-state index in [4.69, 9.17) is 4.74 Å². The van der Waals surface area contributed by atoms with Crippen molar-refractivity contribution in [1.29, 1.82) is 0 Å². The number of anilines is 1. The number of rotatable bonds is 5. The van der Waals surface area contributed by atoms with Crippen LogP contribution in [0.5, 0.6) is 0 Å². The minimum atomic E-state index is -0.232. The number of hydrogen-bond acceptors (Lipinski definition) is 5. The van der Waals surface area contributed by atoms with Gasteiger partial charge in [-0.2, -0.15) is 0 Å². The third kappa shape index (κ3) is 4.20. The number of carbonyl (C=O) groups is 2. The van der Waals surface area contributed by atoms with Gasteiger partial charge in [-0.3, -0.25) is 14.4 Å². The number of thiazole rings is 1. The van der Waals surface area contributed by atoms with Crippen LogP contribution in [0.2, 0.25) is 0 Å². The molecule has 2 aromatic rings. The molecule has 0 bridgehead atoms. The van der Waals surface area contributed by atoms with Crippen LogP contribution in [0, 0.1) is 6.92 Å². The number of nitrogens with one attached hydrogen (secondary N) is 1. The molecule has 8 heteroatoms. The maximum Gasteiger partial charge on any atom is 0.307 e. The molecule has 0 saturated carbocycles. The molecule has 0 atom stereocenters. The summed E-state index contributed by atoms with van der Waals surface area (Å²) >= 11 is 1.12. The van der Waals surface area contributed by atoms with Crippen molar-refractivity contribution in [3.8, 4) is 0 Å². The second-order valence-corrected chi connectivity index (χ2v) is 6.86. The second-order valence-electron chi connectivity index (χ2n) is 6.04. The van der Waals surface area contributed by atoms with Crippen LogP contribution in [0.3, 0.4) is 0 Å². The number of aromatic nitrogens is 1. The molecular weight excluding hydrogens is 354 g/mol. The van der Waals surface area contributed by atoms with E-state index >= 15 is 0 Å². The molecular formula is C18H21N3O4S. The van der Waals surface area contributed by atoms with Crippen LogP contribution < -0.4 is 10.2 Å². The topological polar surface area (TPSA) is 80.6 Å². The number of morpholine rings is 1. The van der Waals surface area contributed by atoms with Crippen molar-refractivity contribution in [3.05, 3.63) is 50.6 Å². The van der Waals surface area contributed by atoms with Gasteiger partial charge < -0.3 is 19.5 Å². The summed E-state index contributed by atoms with van der Waals surface area (Å²) in [4.78, 5) is 38.4. The highest BCUT2D eigenvalue weighted by Crippen LogP contribution is 2.18. The Balaban J connectivity index is 1.66. The predicted octanol–water partition coefficient (Wildman–Crippen LogP) is 1.72. The van der Waals surface area contributed by atoms with Gasteiger partial charge in [-0.25, -0.2) is 0 Å². The monoisotopic (exact) mass is 375 g/mol. The summed E-state index contributed by atoms with van der Waals surface area (Å²) in [7, 11) is 0. The van der Waals surface area contributed by atoms with Gasteiger partial charge in [-0.15, -0.1) is 0 Å². The lowest BCUT2D eigenvalue weighted by molar-refractivity contribution is -0.116. The molecule has 0 aliphatic carbocycles. The minimum absolute atomic E-state index is 0.0711. The summed E-state index contributed by atoms with van der Waals surface area (Å²) in [5.41, 5.74) is 1.80. The molecule has 2 amide bonds. The van der Waals surface area contributed by atoms with Crippen LogP contribution in [0.15, 0.2) is 34.4 Å². The first kappa shape index (κ1) is 18.3. The molecule has 1 aromatic carbocycles. The Morgan fingerprint density at radius 1 is 1.23 bits per heavy atom. The van der Waals surface area contributed by atoms with Gasteiger partial charge in [0.1, 0.15) is 0 Å². The van der Waals surface area contributed by atoms with Gasteiger partial charge in [-0.05, 0) is 19.1 Å². The van der Waals surface area contributed by atoms with E-state index in [1.807, 2.05) is 6.92 Å². The number of nitrogens with zero attached hydrogens (tertiary/aromatic N) is 2. The largest absolute Gasteiger partial charge is 0.378 e. The van der Waals surface area contributed by atoms with Crippen molar-refractivity contribution >= 4 is 28.8 Å². The lowest BCUT2D eigenvalue weighted by Gasteiger charge is -2.27.